The average Bonchev–Trinajstić information content (AvgIpc) is 3.34. The molecule has 4 rings (SSSR count). The normalized spacial score (nSPS) is 17.9. The van der Waals surface area contributed by atoms with Gasteiger partial charge in [-0.2, -0.15) is 0 Å². The maximum atomic E-state index is 13.3. The van der Waals surface area contributed by atoms with Crippen LogP contribution in [0.3, 0.4) is 0 Å². The van der Waals surface area contributed by atoms with Gasteiger partial charge in [0.25, 0.3) is 11.8 Å². The molecule has 1 saturated heterocycles. The molecule has 1 aliphatic carbocycles. The number of nitrogens with zero attached hydrogens (tertiary/aromatic N) is 2. The van der Waals surface area contributed by atoms with Crippen molar-refractivity contribution in [2.45, 2.75) is 64.0 Å². The number of nitrogens with one attached hydrogen (secondary N) is 1. The van der Waals surface area contributed by atoms with Gasteiger partial charge >= 0.3 is 0 Å². The van der Waals surface area contributed by atoms with Crippen LogP contribution in [-0.2, 0) is 0 Å². The molecule has 7 heteroatoms. The van der Waals surface area contributed by atoms with Crippen LogP contribution in [0.2, 0.25) is 5.02 Å². The zero-order chi connectivity index (χ0) is 22.7. The Morgan fingerprint density at radius 3 is 2.34 bits per heavy atom. The van der Waals surface area contributed by atoms with Crippen LogP contribution in [0.5, 0.6) is 0 Å². The van der Waals surface area contributed by atoms with Gasteiger partial charge in [-0.15, -0.1) is 0 Å². The molecule has 0 unspecified atom stereocenters. The highest BCUT2D eigenvalue weighted by molar-refractivity contribution is 6.31. The molecule has 1 saturated carbocycles. The third-order valence-corrected chi connectivity index (χ3v) is 6.97. The number of piperidine rings is 1. The second-order valence-corrected chi connectivity index (χ2v) is 9.28. The first-order valence-corrected chi connectivity index (χ1v) is 11.9. The molecule has 2 aliphatic rings. The molecule has 170 valence electrons. The molecule has 0 bridgehead atoms. The van der Waals surface area contributed by atoms with Crippen molar-refractivity contribution < 1.29 is 9.59 Å². The Kier molecular flexibility index (Phi) is 6.99. The third-order valence-electron chi connectivity index (χ3n) is 6.63. The number of amides is 2. The minimum atomic E-state index is -0.501. The quantitative estimate of drug-likeness (QED) is 0.708. The van der Waals surface area contributed by atoms with E-state index >= 15 is 0 Å². The fourth-order valence-electron chi connectivity index (χ4n) is 4.77. The fraction of sp³-hybridized carbons (Fsp3) is 0.480. The Hall–Kier alpha value is -2.60. The fourth-order valence-corrected chi connectivity index (χ4v) is 5.07. The number of benzene rings is 1. The molecule has 2 amide bonds. The van der Waals surface area contributed by atoms with Crippen molar-refractivity contribution in [1.82, 2.24) is 14.8 Å². The summed E-state index contributed by atoms with van der Waals surface area (Å²) in [7, 11) is 0. The molecular weight excluding hydrogens is 426 g/mol. The highest BCUT2D eigenvalue weighted by Gasteiger charge is 2.27. The molecule has 32 heavy (non-hydrogen) atoms. The van der Waals surface area contributed by atoms with E-state index in [2.05, 4.69) is 5.32 Å². The van der Waals surface area contributed by atoms with Crippen LogP contribution in [0.4, 0.5) is 0 Å². The number of likely N-dealkylation sites (tertiary alicyclic amines) is 1. The predicted octanol–water partition coefficient (Wildman–Crippen LogP) is 4.73. The summed E-state index contributed by atoms with van der Waals surface area (Å²) in [4.78, 5) is 41.4. The lowest BCUT2D eigenvalue weighted by molar-refractivity contribution is 0.0722. The van der Waals surface area contributed by atoms with Gasteiger partial charge in [-0.3, -0.25) is 14.4 Å². The molecule has 0 radical (unpaired) electrons. The number of carbonyl (C=O) groups excluding carboxylic acids is 2. The van der Waals surface area contributed by atoms with Gasteiger partial charge in [0.05, 0.1) is 6.04 Å². The number of halogens is 1. The van der Waals surface area contributed by atoms with Crippen molar-refractivity contribution in [3.05, 3.63) is 68.6 Å². The summed E-state index contributed by atoms with van der Waals surface area (Å²) in [6, 6.07) is 7.13. The molecule has 0 spiro atoms. The van der Waals surface area contributed by atoms with Crippen molar-refractivity contribution in [3.63, 3.8) is 0 Å². The van der Waals surface area contributed by atoms with E-state index in [1.165, 1.54) is 0 Å². The SMILES string of the molecule is C[C@@H](NC(=O)c1cn(C2CCCC2)cc(C(=O)N2CCCCC2)c1=O)c1ccccc1Cl. The van der Waals surface area contributed by atoms with Crippen LogP contribution in [0, 0.1) is 0 Å². The number of rotatable bonds is 5. The summed E-state index contributed by atoms with van der Waals surface area (Å²) in [6.07, 6.45) is 10.5. The van der Waals surface area contributed by atoms with E-state index < -0.39 is 11.3 Å². The lowest BCUT2D eigenvalue weighted by atomic mass is 10.1. The number of carbonyl (C=O) groups is 2. The Bertz CT molecular complexity index is 1050. The number of hydrogen-bond acceptors (Lipinski definition) is 3. The van der Waals surface area contributed by atoms with Gasteiger partial charge in [0.2, 0.25) is 5.43 Å². The van der Waals surface area contributed by atoms with Gasteiger partial charge < -0.3 is 14.8 Å². The Morgan fingerprint density at radius 1 is 1.00 bits per heavy atom. The summed E-state index contributed by atoms with van der Waals surface area (Å²) in [5.41, 5.74) is 0.383. The van der Waals surface area contributed by atoms with E-state index in [-0.39, 0.29) is 29.1 Å². The third kappa shape index (κ3) is 4.75. The number of aromatic nitrogens is 1. The topological polar surface area (TPSA) is 71.4 Å². The summed E-state index contributed by atoms with van der Waals surface area (Å²) < 4.78 is 1.92. The predicted molar refractivity (Wildman–Crippen MR) is 125 cm³/mol. The Labute approximate surface area is 193 Å². The lowest BCUT2D eigenvalue weighted by Crippen LogP contribution is -2.40. The highest BCUT2D eigenvalue weighted by Crippen LogP contribution is 2.30. The van der Waals surface area contributed by atoms with Crippen LogP contribution < -0.4 is 10.7 Å². The molecule has 2 aromatic rings. The van der Waals surface area contributed by atoms with Gasteiger partial charge in [0.1, 0.15) is 11.1 Å². The molecule has 1 aromatic carbocycles. The average molecular weight is 456 g/mol. The van der Waals surface area contributed by atoms with Gasteiger partial charge in [0.15, 0.2) is 0 Å². The van der Waals surface area contributed by atoms with Gasteiger partial charge in [0, 0.05) is 36.5 Å². The van der Waals surface area contributed by atoms with Crippen molar-refractivity contribution >= 4 is 23.4 Å². The lowest BCUT2D eigenvalue weighted by Gasteiger charge is -2.27. The maximum absolute atomic E-state index is 13.3. The summed E-state index contributed by atoms with van der Waals surface area (Å²) >= 11 is 6.28. The summed E-state index contributed by atoms with van der Waals surface area (Å²) in [5, 5.41) is 3.45. The largest absolute Gasteiger partial charge is 0.349 e. The minimum Gasteiger partial charge on any atom is -0.349 e. The van der Waals surface area contributed by atoms with Gasteiger partial charge in [-0.05, 0) is 50.7 Å². The molecule has 1 aliphatic heterocycles. The second kappa shape index (κ2) is 9.90. The molecular formula is C25H30ClN3O3. The number of pyridine rings is 1. The van der Waals surface area contributed by atoms with Crippen molar-refractivity contribution in [3.8, 4) is 0 Å². The van der Waals surface area contributed by atoms with Crippen LogP contribution in [-0.4, -0.2) is 34.4 Å². The van der Waals surface area contributed by atoms with E-state index in [4.69, 9.17) is 11.6 Å². The first kappa shape index (κ1) is 22.6. The first-order valence-electron chi connectivity index (χ1n) is 11.6. The standard InChI is InChI=1S/C25H30ClN3O3/c1-17(19-11-5-6-12-22(19)26)27-24(31)20-15-29(18-9-3-4-10-18)16-21(23(20)30)25(32)28-13-7-2-8-14-28/h5-6,11-12,15-18H,2-4,7-10,13-14H2,1H3,(H,27,31)/t17-/m1/s1. The van der Waals surface area contributed by atoms with Crippen molar-refractivity contribution in [2.24, 2.45) is 0 Å². The van der Waals surface area contributed by atoms with Crippen molar-refractivity contribution in [2.75, 3.05) is 13.1 Å². The van der Waals surface area contributed by atoms with Crippen LogP contribution in [0.25, 0.3) is 0 Å². The van der Waals surface area contributed by atoms with E-state index in [0.29, 0.717) is 18.1 Å². The zero-order valence-corrected chi connectivity index (χ0v) is 19.2. The van der Waals surface area contributed by atoms with Gasteiger partial charge in [-0.25, -0.2) is 0 Å². The monoisotopic (exact) mass is 455 g/mol. The van der Waals surface area contributed by atoms with Crippen LogP contribution in [0.1, 0.15) is 90.2 Å². The minimum absolute atomic E-state index is 0.0127. The van der Waals surface area contributed by atoms with Crippen LogP contribution in [0.15, 0.2) is 41.5 Å². The van der Waals surface area contributed by atoms with E-state index in [9.17, 15) is 14.4 Å². The molecule has 1 atom stereocenters. The second-order valence-electron chi connectivity index (χ2n) is 8.87. The van der Waals surface area contributed by atoms with E-state index in [0.717, 1.165) is 50.5 Å². The van der Waals surface area contributed by atoms with Gasteiger partial charge in [-0.1, -0.05) is 42.6 Å². The Morgan fingerprint density at radius 2 is 1.66 bits per heavy atom. The molecule has 2 heterocycles. The van der Waals surface area contributed by atoms with E-state index in [1.807, 2.05) is 29.7 Å². The van der Waals surface area contributed by atoms with Crippen molar-refractivity contribution in [1.29, 1.82) is 0 Å². The summed E-state index contributed by atoms with van der Waals surface area (Å²) in [6.45, 7) is 3.14. The highest BCUT2D eigenvalue weighted by atomic mass is 35.5. The summed E-state index contributed by atoms with van der Waals surface area (Å²) in [5.74, 6) is -0.752. The zero-order valence-electron chi connectivity index (χ0n) is 18.5. The Balaban J connectivity index is 1.67. The maximum Gasteiger partial charge on any atom is 0.259 e. The molecule has 1 N–H and O–H groups in total. The number of hydrogen-bond donors (Lipinski definition) is 1. The first-order chi connectivity index (χ1) is 15.5. The molecule has 1 aromatic heterocycles. The smallest absolute Gasteiger partial charge is 0.259 e. The molecule has 2 fully saturated rings. The molecule has 6 nitrogen and oxygen atoms in total. The van der Waals surface area contributed by atoms with Crippen LogP contribution >= 0.6 is 11.6 Å². The van der Waals surface area contributed by atoms with E-state index in [1.54, 1.807) is 23.4 Å².